The van der Waals surface area contributed by atoms with Crippen molar-refractivity contribution in [2.75, 3.05) is 31.6 Å². The summed E-state index contributed by atoms with van der Waals surface area (Å²) in [5, 5.41) is 12.7. The highest BCUT2D eigenvalue weighted by Gasteiger charge is 2.44. The van der Waals surface area contributed by atoms with Gasteiger partial charge in [0.15, 0.2) is 0 Å². The van der Waals surface area contributed by atoms with Crippen LogP contribution in [0.3, 0.4) is 0 Å². The molecule has 3 aliphatic rings. The van der Waals surface area contributed by atoms with Gasteiger partial charge >= 0.3 is 6.18 Å². The van der Waals surface area contributed by atoms with Gasteiger partial charge in [-0.15, -0.1) is 0 Å². The van der Waals surface area contributed by atoms with E-state index < -0.39 is 12.7 Å². The number of carbonyl (C=O) groups excluding carboxylic acids is 1. The van der Waals surface area contributed by atoms with Gasteiger partial charge < -0.3 is 15.0 Å². The number of halogens is 3. The number of aromatic amines is 1. The van der Waals surface area contributed by atoms with Gasteiger partial charge in [-0.25, -0.2) is 0 Å². The number of ether oxygens (including phenoxy) is 1. The fraction of sp³-hybridized carbons (Fsp3) is 0.583. The highest BCUT2D eigenvalue weighted by molar-refractivity contribution is 6.03. The number of benzene rings is 1. The van der Waals surface area contributed by atoms with Gasteiger partial charge in [-0.05, 0) is 61.6 Å². The average Bonchev–Trinajstić information content (AvgIpc) is 3.12. The van der Waals surface area contributed by atoms with Gasteiger partial charge in [-0.2, -0.15) is 18.4 Å². The summed E-state index contributed by atoms with van der Waals surface area (Å²) in [5.41, 5.74) is 1.56. The number of hydrogen-bond acceptors (Lipinski definition) is 4. The van der Waals surface area contributed by atoms with Crippen molar-refractivity contribution in [3.63, 3.8) is 0 Å². The number of likely N-dealkylation sites (tertiary alicyclic amines) is 1. The number of aromatic nitrogens is 1. The molecule has 1 saturated heterocycles. The molecule has 0 spiro atoms. The van der Waals surface area contributed by atoms with Gasteiger partial charge in [0.05, 0.1) is 36.7 Å². The lowest BCUT2D eigenvalue weighted by molar-refractivity contribution is -0.144. The van der Waals surface area contributed by atoms with Crippen molar-refractivity contribution < 1.29 is 22.7 Å². The van der Waals surface area contributed by atoms with E-state index in [2.05, 4.69) is 16.4 Å². The van der Waals surface area contributed by atoms with E-state index in [-0.39, 0.29) is 17.7 Å². The number of amides is 1. The van der Waals surface area contributed by atoms with Crippen LogP contribution in [0.1, 0.15) is 25.7 Å². The number of hydrogen-bond donors (Lipinski definition) is 2. The first-order valence-electron chi connectivity index (χ1n) is 11.5. The number of H-pyrrole nitrogens is 1. The van der Waals surface area contributed by atoms with E-state index in [0.29, 0.717) is 55.3 Å². The molecule has 0 radical (unpaired) electrons. The molecule has 2 aliphatic carbocycles. The van der Waals surface area contributed by atoms with Gasteiger partial charge in [0.1, 0.15) is 5.75 Å². The predicted octanol–water partition coefficient (Wildman–Crippen LogP) is 4.56. The molecule has 176 valence electrons. The van der Waals surface area contributed by atoms with Crippen LogP contribution in [0.5, 0.6) is 5.75 Å². The van der Waals surface area contributed by atoms with Gasteiger partial charge in [0.2, 0.25) is 5.91 Å². The second kappa shape index (κ2) is 8.56. The van der Waals surface area contributed by atoms with Crippen molar-refractivity contribution in [2.45, 2.75) is 31.9 Å². The maximum atomic E-state index is 12.6. The molecule has 5 atom stereocenters. The molecular formula is C24H27F3N4O2. The molecule has 1 unspecified atom stereocenters. The van der Waals surface area contributed by atoms with Crippen LogP contribution < -0.4 is 10.1 Å². The number of fused-ring (bicyclic) bond motifs is 2. The number of anilines is 1. The Bertz CT molecular complexity index is 1060. The van der Waals surface area contributed by atoms with E-state index in [4.69, 9.17) is 10.00 Å². The van der Waals surface area contributed by atoms with Gasteiger partial charge in [0, 0.05) is 30.2 Å². The standard InChI is InChI=1S/C24H27F3N4O2/c25-24(26,27)13-31-11-16-5-14(6-17(16)12-31)3-4-33-18-1-2-21-20(8-18)22(10-29-21)30-23(32)19-7-15(19)9-28/h1-2,8,10,14-17,19,29H,3-7,11-13H2,(H,30,32)/t14?,15-,16-,17+,19+/m1/s1. The topological polar surface area (TPSA) is 81.2 Å². The lowest BCUT2D eigenvalue weighted by atomic mass is 10.0. The van der Waals surface area contributed by atoms with Crippen LogP contribution in [-0.4, -0.2) is 48.2 Å². The van der Waals surface area contributed by atoms with Crippen molar-refractivity contribution >= 4 is 22.5 Å². The molecule has 3 fully saturated rings. The minimum Gasteiger partial charge on any atom is -0.494 e. The summed E-state index contributed by atoms with van der Waals surface area (Å²) in [6.07, 6.45) is 1.07. The summed E-state index contributed by atoms with van der Waals surface area (Å²) in [6.45, 7) is 0.865. The predicted molar refractivity (Wildman–Crippen MR) is 116 cm³/mol. The Morgan fingerprint density at radius 1 is 1.24 bits per heavy atom. The van der Waals surface area contributed by atoms with Crippen molar-refractivity contribution in [3.05, 3.63) is 24.4 Å². The lowest BCUT2D eigenvalue weighted by Crippen LogP contribution is -2.33. The van der Waals surface area contributed by atoms with E-state index in [1.165, 1.54) is 0 Å². The monoisotopic (exact) mass is 460 g/mol. The quantitative estimate of drug-likeness (QED) is 0.635. The van der Waals surface area contributed by atoms with Crippen molar-refractivity contribution in [3.8, 4) is 11.8 Å². The van der Waals surface area contributed by atoms with Crippen LogP contribution in [-0.2, 0) is 4.79 Å². The largest absolute Gasteiger partial charge is 0.494 e. The zero-order chi connectivity index (χ0) is 23.2. The van der Waals surface area contributed by atoms with Gasteiger partial charge in [0.25, 0.3) is 0 Å². The van der Waals surface area contributed by atoms with E-state index in [9.17, 15) is 18.0 Å². The highest BCUT2D eigenvalue weighted by atomic mass is 19.4. The molecule has 5 rings (SSSR count). The zero-order valence-electron chi connectivity index (χ0n) is 18.2. The SMILES string of the molecule is N#C[C@H]1C[C@@H]1C(=O)Nc1c[nH]c2ccc(OCCC3C[C@@H]4CN(CC(F)(F)F)C[C@@H]4C3)cc12. The molecule has 0 bridgehead atoms. The van der Waals surface area contributed by atoms with Crippen molar-refractivity contribution in [1.29, 1.82) is 5.26 Å². The van der Waals surface area contributed by atoms with Crippen LogP contribution >= 0.6 is 0 Å². The first-order chi connectivity index (χ1) is 15.8. The molecule has 1 amide bonds. The Hall–Kier alpha value is -2.73. The molecule has 2 heterocycles. The molecule has 1 aromatic carbocycles. The van der Waals surface area contributed by atoms with Gasteiger partial charge in [-0.1, -0.05) is 0 Å². The fourth-order valence-electron chi connectivity index (χ4n) is 5.63. The van der Waals surface area contributed by atoms with E-state index >= 15 is 0 Å². The Kier molecular flexibility index (Phi) is 5.73. The third-order valence-electron chi connectivity index (χ3n) is 7.33. The summed E-state index contributed by atoms with van der Waals surface area (Å²) in [7, 11) is 0. The van der Waals surface area contributed by atoms with E-state index in [1.807, 2.05) is 18.2 Å². The maximum Gasteiger partial charge on any atom is 0.401 e. The van der Waals surface area contributed by atoms with E-state index in [1.54, 1.807) is 11.1 Å². The van der Waals surface area contributed by atoms with Crippen molar-refractivity contribution in [2.24, 2.45) is 29.6 Å². The van der Waals surface area contributed by atoms with Crippen LogP contribution in [0.2, 0.25) is 0 Å². The number of alkyl halides is 3. The normalized spacial score (nSPS) is 29.1. The summed E-state index contributed by atoms with van der Waals surface area (Å²) in [6, 6.07) is 7.82. The Balaban J connectivity index is 1.11. The molecule has 9 heteroatoms. The molecule has 2 aromatic rings. The Morgan fingerprint density at radius 2 is 2.00 bits per heavy atom. The fourth-order valence-corrected chi connectivity index (χ4v) is 5.63. The molecule has 33 heavy (non-hydrogen) atoms. The summed E-state index contributed by atoms with van der Waals surface area (Å²) < 4.78 is 43.9. The zero-order valence-corrected chi connectivity index (χ0v) is 18.2. The van der Waals surface area contributed by atoms with Crippen LogP contribution in [0.4, 0.5) is 18.9 Å². The Morgan fingerprint density at radius 3 is 2.67 bits per heavy atom. The third-order valence-corrected chi connectivity index (χ3v) is 7.33. The minimum absolute atomic E-state index is 0.130. The van der Waals surface area contributed by atoms with Crippen LogP contribution in [0.15, 0.2) is 24.4 Å². The first-order valence-corrected chi connectivity index (χ1v) is 11.5. The smallest absolute Gasteiger partial charge is 0.401 e. The van der Waals surface area contributed by atoms with Crippen LogP contribution in [0.25, 0.3) is 10.9 Å². The number of nitriles is 1. The second-order valence-electron chi connectivity index (χ2n) is 9.78. The maximum absolute atomic E-state index is 12.6. The molecule has 2 saturated carbocycles. The number of nitrogens with zero attached hydrogens (tertiary/aromatic N) is 2. The molecule has 6 nitrogen and oxygen atoms in total. The molecule has 1 aromatic heterocycles. The summed E-state index contributed by atoms with van der Waals surface area (Å²) in [4.78, 5) is 17.0. The number of rotatable bonds is 7. The molecule has 2 N–H and O–H groups in total. The van der Waals surface area contributed by atoms with Crippen molar-refractivity contribution in [1.82, 2.24) is 9.88 Å². The summed E-state index contributed by atoms with van der Waals surface area (Å²) in [5.74, 6) is 1.40. The third kappa shape index (κ3) is 4.96. The number of carbonyl (C=O) groups is 1. The first kappa shape index (κ1) is 22.1. The lowest BCUT2D eigenvalue weighted by Gasteiger charge is -2.20. The molecular weight excluding hydrogens is 433 g/mol. The van der Waals surface area contributed by atoms with E-state index in [0.717, 1.165) is 30.2 Å². The van der Waals surface area contributed by atoms with Crippen LogP contribution in [0, 0.1) is 40.9 Å². The average molecular weight is 461 g/mol. The minimum atomic E-state index is -4.12. The van der Waals surface area contributed by atoms with Gasteiger partial charge in [-0.3, -0.25) is 9.69 Å². The second-order valence-corrected chi connectivity index (χ2v) is 9.78. The molecule has 1 aliphatic heterocycles. The number of nitrogens with one attached hydrogen (secondary N) is 2. The highest BCUT2D eigenvalue weighted by Crippen LogP contribution is 2.43. The summed E-state index contributed by atoms with van der Waals surface area (Å²) >= 11 is 0. The Labute approximate surface area is 190 Å².